The summed E-state index contributed by atoms with van der Waals surface area (Å²) in [6.45, 7) is 0. The molecule has 1 aromatic carbocycles. The minimum Gasteiger partial charge on any atom is -0.497 e. The number of aromatic amines is 1. The number of methoxy groups -OCH3 is 1. The van der Waals surface area contributed by atoms with Gasteiger partial charge in [0.2, 0.25) is 10.0 Å². The highest BCUT2D eigenvalue weighted by molar-refractivity contribution is 7.89. The number of imidazole rings is 1. The molecule has 0 amide bonds. The third-order valence-electron chi connectivity index (χ3n) is 5.72. The number of rotatable bonds is 7. The molecular weight excluding hydrogens is 406 g/mol. The van der Waals surface area contributed by atoms with E-state index in [0.29, 0.717) is 30.7 Å². The number of primary sulfonamides is 1. The quantitative estimate of drug-likeness (QED) is 0.516. The highest BCUT2D eigenvalue weighted by Gasteiger charge is 2.34. The molecule has 3 aromatic rings. The second-order valence-electron chi connectivity index (χ2n) is 7.86. The predicted octanol–water partition coefficient (Wildman–Crippen LogP) is 1.64. The van der Waals surface area contributed by atoms with Crippen molar-refractivity contribution in [2.24, 2.45) is 17.0 Å². The van der Waals surface area contributed by atoms with Crippen LogP contribution in [0.3, 0.4) is 0 Å². The third-order valence-corrected chi connectivity index (χ3v) is 6.53. The number of benzene rings is 1. The number of aliphatic hydroxyl groups is 1. The Morgan fingerprint density at radius 3 is 2.90 bits per heavy atom. The molecule has 0 saturated heterocycles. The van der Waals surface area contributed by atoms with Crippen molar-refractivity contribution in [2.45, 2.75) is 31.8 Å². The van der Waals surface area contributed by atoms with Gasteiger partial charge in [-0.2, -0.15) is 0 Å². The topological polar surface area (TPSA) is 144 Å². The van der Waals surface area contributed by atoms with Gasteiger partial charge in [0.1, 0.15) is 23.4 Å². The van der Waals surface area contributed by atoms with Gasteiger partial charge in [0.25, 0.3) is 0 Å². The first-order valence-corrected chi connectivity index (χ1v) is 11.6. The lowest BCUT2D eigenvalue weighted by atomic mass is 9.98. The summed E-state index contributed by atoms with van der Waals surface area (Å²) in [5, 5.41) is 15.5. The van der Waals surface area contributed by atoms with Crippen molar-refractivity contribution in [3.8, 4) is 17.1 Å². The molecule has 160 valence electrons. The van der Waals surface area contributed by atoms with Crippen LogP contribution < -0.4 is 9.88 Å². The lowest BCUT2D eigenvalue weighted by molar-refractivity contribution is 0.129. The number of nitrogens with two attached hydrogens (primary N) is 1. The fourth-order valence-electron chi connectivity index (χ4n) is 4.22. The first kappa shape index (κ1) is 20.7. The zero-order chi connectivity index (χ0) is 21.3. The number of H-pyrrole nitrogens is 1. The summed E-state index contributed by atoms with van der Waals surface area (Å²) >= 11 is 0. The number of hydrogen-bond donors (Lipinski definition) is 3. The Morgan fingerprint density at radius 2 is 2.13 bits per heavy atom. The molecule has 0 spiro atoms. The van der Waals surface area contributed by atoms with E-state index in [-0.39, 0.29) is 17.6 Å². The maximum absolute atomic E-state index is 11.2. The van der Waals surface area contributed by atoms with Gasteiger partial charge in [-0.1, -0.05) is 12.1 Å². The number of sulfonamides is 1. The van der Waals surface area contributed by atoms with E-state index in [1.807, 2.05) is 24.3 Å². The molecule has 4 N–H and O–H groups in total. The molecule has 0 unspecified atom stereocenters. The fraction of sp³-hybridized carbons (Fsp3) is 0.450. The summed E-state index contributed by atoms with van der Waals surface area (Å²) in [7, 11) is -1.90. The van der Waals surface area contributed by atoms with Gasteiger partial charge in [-0.05, 0) is 49.7 Å². The van der Waals surface area contributed by atoms with Crippen LogP contribution in [0.2, 0.25) is 0 Å². The molecule has 2 aromatic heterocycles. The smallest absolute Gasteiger partial charge is 0.209 e. The molecule has 0 radical (unpaired) electrons. The van der Waals surface area contributed by atoms with Crippen molar-refractivity contribution in [1.82, 2.24) is 19.9 Å². The molecule has 9 nitrogen and oxygen atoms in total. The molecule has 0 aliphatic heterocycles. The van der Waals surface area contributed by atoms with Gasteiger partial charge < -0.3 is 14.8 Å². The van der Waals surface area contributed by atoms with Crippen LogP contribution in [0.5, 0.6) is 5.75 Å². The average Bonchev–Trinajstić information content (AvgIpc) is 3.30. The van der Waals surface area contributed by atoms with Crippen LogP contribution in [0.1, 0.15) is 25.0 Å². The van der Waals surface area contributed by atoms with Gasteiger partial charge in [0.05, 0.1) is 24.7 Å². The Bertz CT molecular complexity index is 1150. The first-order valence-electron chi connectivity index (χ1n) is 9.85. The number of aliphatic hydroxyl groups excluding tert-OH is 1. The maximum Gasteiger partial charge on any atom is 0.209 e. The third kappa shape index (κ3) is 4.61. The van der Waals surface area contributed by atoms with Crippen molar-refractivity contribution in [1.29, 1.82) is 0 Å². The highest BCUT2D eigenvalue weighted by atomic mass is 32.2. The summed E-state index contributed by atoms with van der Waals surface area (Å²) in [6.07, 6.45) is 3.35. The lowest BCUT2D eigenvalue weighted by Crippen LogP contribution is -2.22. The molecule has 1 aliphatic carbocycles. The zero-order valence-corrected chi connectivity index (χ0v) is 17.5. The molecule has 10 heteroatoms. The second-order valence-corrected chi connectivity index (χ2v) is 9.59. The Kier molecular flexibility index (Phi) is 5.72. The van der Waals surface area contributed by atoms with E-state index in [9.17, 15) is 13.5 Å². The molecular formula is C20H25N5O4S. The largest absolute Gasteiger partial charge is 0.497 e. The number of fused-ring (bicyclic) bond motifs is 1. The molecule has 1 aliphatic rings. The summed E-state index contributed by atoms with van der Waals surface area (Å²) in [5.74, 6) is 1.45. The SMILES string of the molecule is COc1cccc(-c2nc3ncnc(C[C@@H]4C[C@@H](CCS(N)(=O)=O)[C@@H](O)C4)c3[nH]2)c1. The van der Waals surface area contributed by atoms with Gasteiger partial charge in [0.15, 0.2) is 5.65 Å². The van der Waals surface area contributed by atoms with E-state index in [4.69, 9.17) is 9.88 Å². The molecule has 3 atom stereocenters. The number of aromatic nitrogens is 4. The van der Waals surface area contributed by atoms with Crippen LogP contribution >= 0.6 is 0 Å². The lowest BCUT2D eigenvalue weighted by Gasteiger charge is -2.12. The van der Waals surface area contributed by atoms with Crippen LogP contribution in [0.15, 0.2) is 30.6 Å². The van der Waals surface area contributed by atoms with Gasteiger partial charge in [0, 0.05) is 5.56 Å². The van der Waals surface area contributed by atoms with Crippen LogP contribution in [0.25, 0.3) is 22.6 Å². The Balaban J connectivity index is 1.53. The van der Waals surface area contributed by atoms with E-state index < -0.39 is 16.1 Å². The molecule has 0 bridgehead atoms. The normalized spacial score (nSPS) is 21.9. The van der Waals surface area contributed by atoms with Gasteiger partial charge in [-0.15, -0.1) is 0 Å². The summed E-state index contributed by atoms with van der Waals surface area (Å²) in [6, 6.07) is 7.61. The van der Waals surface area contributed by atoms with Gasteiger partial charge in [-0.3, -0.25) is 0 Å². The summed E-state index contributed by atoms with van der Waals surface area (Å²) < 4.78 is 27.8. The van der Waals surface area contributed by atoms with Crippen molar-refractivity contribution in [3.05, 3.63) is 36.3 Å². The minimum absolute atomic E-state index is 0.0697. The number of ether oxygens (including phenoxy) is 1. The molecule has 30 heavy (non-hydrogen) atoms. The van der Waals surface area contributed by atoms with Gasteiger partial charge >= 0.3 is 0 Å². The Labute approximate surface area is 174 Å². The van der Waals surface area contributed by atoms with Crippen LogP contribution in [-0.2, 0) is 16.4 Å². The Morgan fingerprint density at radius 1 is 1.30 bits per heavy atom. The highest BCUT2D eigenvalue weighted by Crippen LogP contribution is 2.36. The zero-order valence-electron chi connectivity index (χ0n) is 16.7. The van der Waals surface area contributed by atoms with Crippen molar-refractivity contribution in [3.63, 3.8) is 0 Å². The standard InChI is InChI=1S/C20H25N5O4S/c1-29-15-4-2-3-14(10-15)19-24-18-16(22-11-23-20(18)25-19)8-12-7-13(17(26)9-12)5-6-30(21,27)28/h2-4,10-13,17,26H,5-9H2,1H3,(H2,21,27,28)(H,22,23,24,25)/t12-,13+,17-/m0/s1. The van der Waals surface area contributed by atoms with Crippen molar-refractivity contribution < 1.29 is 18.3 Å². The van der Waals surface area contributed by atoms with E-state index in [2.05, 4.69) is 19.9 Å². The van der Waals surface area contributed by atoms with E-state index in [1.165, 1.54) is 6.33 Å². The predicted molar refractivity (Wildman–Crippen MR) is 112 cm³/mol. The number of nitrogens with one attached hydrogen (secondary N) is 1. The summed E-state index contributed by atoms with van der Waals surface area (Å²) in [5.41, 5.74) is 3.09. The fourth-order valence-corrected chi connectivity index (χ4v) is 4.85. The Hall–Kier alpha value is -2.56. The summed E-state index contributed by atoms with van der Waals surface area (Å²) in [4.78, 5) is 16.6. The molecule has 4 rings (SSSR count). The second kappa shape index (κ2) is 8.29. The van der Waals surface area contributed by atoms with Crippen LogP contribution in [0.4, 0.5) is 0 Å². The van der Waals surface area contributed by atoms with E-state index in [1.54, 1.807) is 7.11 Å². The van der Waals surface area contributed by atoms with Crippen molar-refractivity contribution >= 4 is 21.2 Å². The average molecular weight is 432 g/mol. The molecule has 1 fully saturated rings. The minimum atomic E-state index is -3.52. The number of nitrogens with zero attached hydrogens (tertiary/aromatic N) is 3. The number of hydrogen-bond acceptors (Lipinski definition) is 7. The molecule has 1 saturated carbocycles. The first-order chi connectivity index (χ1) is 14.3. The monoisotopic (exact) mass is 431 g/mol. The van der Waals surface area contributed by atoms with Gasteiger partial charge in [-0.25, -0.2) is 28.5 Å². The van der Waals surface area contributed by atoms with E-state index >= 15 is 0 Å². The van der Waals surface area contributed by atoms with Crippen LogP contribution in [0, 0.1) is 11.8 Å². The maximum atomic E-state index is 11.2. The van der Waals surface area contributed by atoms with Crippen molar-refractivity contribution in [2.75, 3.05) is 12.9 Å². The van der Waals surface area contributed by atoms with E-state index in [0.717, 1.165) is 28.9 Å². The molecule has 2 heterocycles. The van der Waals surface area contributed by atoms with Crippen LogP contribution in [-0.4, -0.2) is 52.4 Å².